The molecule has 2 aromatic heterocycles. The number of sulfonamides is 1. The summed E-state index contributed by atoms with van der Waals surface area (Å²) >= 11 is 6.28. The molecule has 1 atom stereocenters. The molecule has 1 unspecified atom stereocenters. The molecular weight excluding hydrogens is 1170 g/mol. The Balaban J connectivity index is 0.630. The molecule has 0 radical (unpaired) electrons. The second-order valence-corrected chi connectivity index (χ2v) is 27.2. The third-order valence-electron chi connectivity index (χ3n) is 18.1. The molecule has 21 heteroatoms. The number of carbonyl (C=O) groups is 4. The van der Waals surface area contributed by atoms with Gasteiger partial charge in [-0.25, -0.2) is 18.1 Å². The smallest absolute Gasteiger partial charge is 0.293 e. The van der Waals surface area contributed by atoms with Gasteiger partial charge in [0.25, 0.3) is 27.5 Å². The van der Waals surface area contributed by atoms with Crippen molar-refractivity contribution >= 4 is 78.9 Å². The molecular formula is C68H77ClN10O9S. The number of aromatic amines is 1. The number of pyridine rings is 1. The number of nitrogens with zero attached hydrogens (tertiary/aromatic N) is 6. The molecule has 4 amide bonds. The van der Waals surface area contributed by atoms with Gasteiger partial charge in [0.05, 0.1) is 21.6 Å². The summed E-state index contributed by atoms with van der Waals surface area (Å²) in [6.45, 7) is 12.3. The number of fused-ring (bicyclic) bond motifs is 2. The molecule has 6 aromatic rings. The SMILES string of the molecule is CC1(C)CCC(CN2CCN(c3ccc(C(=O)NS(=O)(=O)c4ccc(NCC5CCN(CCCCCCCCC#Cc6ccc7c(c6)C(=O)N(C6CCC(=O)NC6=O)C7)CC5)c([N+](=O)[O-])c4)c(Oc4cnc5[nH]ccc5c4)c3)CC2)=C(c2ccc(Cl)cc2)C1. The number of nitrogens with one attached hydrogen (secondary N) is 4. The number of nitro groups is 1. The van der Waals surface area contributed by atoms with E-state index in [-0.39, 0.29) is 46.6 Å². The fourth-order valence-electron chi connectivity index (χ4n) is 12.9. The number of likely N-dealkylation sites (tertiary alicyclic amines) is 1. The number of rotatable bonds is 22. The molecule has 19 nitrogen and oxygen atoms in total. The molecule has 5 aliphatic rings. The summed E-state index contributed by atoms with van der Waals surface area (Å²) < 4.78 is 36.5. The Morgan fingerprint density at radius 3 is 2.42 bits per heavy atom. The van der Waals surface area contributed by atoms with Crippen LogP contribution in [0.4, 0.5) is 17.1 Å². The summed E-state index contributed by atoms with van der Waals surface area (Å²) in [6.07, 6.45) is 16.3. The zero-order valence-corrected chi connectivity index (χ0v) is 52.2. The number of H-pyrrole nitrogens is 1. The highest BCUT2D eigenvalue weighted by molar-refractivity contribution is 7.90. The number of ether oxygens (including phenoxy) is 1. The highest BCUT2D eigenvalue weighted by Crippen LogP contribution is 2.44. The number of hydrogen-bond donors (Lipinski definition) is 4. The number of piperidine rings is 2. The van der Waals surface area contributed by atoms with Crippen LogP contribution in [0.15, 0.2) is 114 Å². The number of imide groups is 1. The number of benzene rings is 4. The summed E-state index contributed by atoms with van der Waals surface area (Å²) in [7, 11) is -4.61. The lowest BCUT2D eigenvalue weighted by Gasteiger charge is -2.39. The lowest BCUT2D eigenvalue weighted by atomic mass is 9.72. The van der Waals surface area contributed by atoms with Gasteiger partial charge in [-0.1, -0.05) is 86.7 Å². The van der Waals surface area contributed by atoms with Crippen LogP contribution in [0.1, 0.15) is 141 Å². The van der Waals surface area contributed by atoms with Crippen molar-refractivity contribution in [2.45, 2.75) is 121 Å². The van der Waals surface area contributed by atoms with Crippen LogP contribution in [-0.2, 0) is 26.2 Å². The largest absolute Gasteiger partial charge is 0.455 e. The molecule has 4 aromatic carbocycles. The van der Waals surface area contributed by atoms with Crippen LogP contribution in [0.5, 0.6) is 11.5 Å². The molecule has 11 rings (SSSR count). The maximum Gasteiger partial charge on any atom is 0.293 e. The quantitative estimate of drug-likeness (QED) is 0.0163. The first kappa shape index (κ1) is 62.5. The summed E-state index contributed by atoms with van der Waals surface area (Å²) in [6, 6.07) is 25.5. The van der Waals surface area contributed by atoms with Crippen LogP contribution in [0, 0.1) is 33.3 Å². The van der Waals surface area contributed by atoms with Gasteiger partial charge in [0, 0.05) is 104 Å². The van der Waals surface area contributed by atoms with Gasteiger partial charge in [-0.05, 0) is 160 Å². The van der Waals surface area contributed by atoms with Gasteiger partial charge in [-0.2, -0.15) is 0 Å². The number of halogens is 1. The van der Waals surface area contributed by atoms with Crippen molar-refractivity contribution in [1.82, 2.24) is 34.7 Å². The van der Waals surface area contributed by atoms with E-state index in [9.17, 15) is 37.7 Å². The van der Waals surface area contributed by atoms with E-state index in [2.05, 4.69) is 77.8 Å². The molecule has 3 saturated heterocycles. The monoisotopic (exact) mass is 1240 g/mol. The Kier molecular flexibility index (Phi) is 19.5. The number of hydrogen-bond acceptors (Lipinski definition) is 14. The molecule has 466 valence electrons. The van der Waals surface area contributed by atoms with E-state index in [1.165, 1.54) is 35.0 Å². The van der Waals surface area contributed by atoms with E-state index < -0.39 is 43.4 Å². The number of piperazine rings is 1. The second-order valence-electron chi connectivity index (χ2n) is 25.0. The van der Waals surface area contributed by atoms with Gasteiger partial charge < -0.3 is 29.7 Å². The molecule has 0 saturated carbocycles. The first-order valence-electron chi connectivity index (χ1n) is 31.2. The van der Waals surface area contributed by atoms with Gasteiger partial charge in [-0.15, -0.1) is 0 Å². The normalized spacial score (nSPS) is 18.4. The molecule has 0 bridgehead atoms. The Morgan fingerprint density at radius 1 is 0.865 bits per heavy atom. The van der Waals surface area contributed by atoms with Crippen molar-refractivity contribution < 1.29 is 37.3 Å². The van der Waals surface area contributed by atoms with Crippen LogP contribution < -0.4 is 25.0 Å². The molecule has 0 spiro atoms. The van der Waals surface area contributed by atoms with E-state index in [1.54, 1.807) is 35.4 Å². The minimum absolute atomic E-state index is 0.0451. The molecule has 4 N–H and O–H groups in total. The number of anilines is 2. The second kappa shape index (κ2) is 27.7. The standard InChI is InChI=1S/C68H77ClN10O9S/c1-68(2)28-24-51(58(41-68)48-14-16-52(69)17-15-48)44-76-33-35-77(36-34-76)53-18-20-56(62(39-53)88-54-38-49-25-29-70-64(49)72-43-54)65(81)74-89(86,87)55-19-21-59(61(40-55)79(84)85)71-42-47-26-31-75(32-27-47)30-10-8-6-4-3-5-7-9-11-46-12-13-50-45-78(67(83)57(50)37-46)60-22-23-63(80)73-66(60)82/h12-21,25,29,37-40,43,47,60,71H,3-8,10,22-24,26-28,30-36,41-42,44-45H2,1-2H3,(H,70,72)(H,74,81)(H,73,80,82). The van der Waals surface area contributed by atoms with Crippen molar-refractivity contribution in [1.29, 1.82) is 0 Å². The predicted octanol–water partition coefficient (Wildman–Crippen LogP) is 11.5. The van der Waals surface area contributed by atoms with Gasteiger partial charge in [0.15, 0.2) is 0 Å². The maximum absolute atomic E-state index is 14.2. The number of nitro benzene ring substituents is 1. The summed E-state index contributed by atoms with van der Waals surface area (Å²) in [5.41, 5.74) is 7.70. The van der Waals surface area contributed by atoms with Crippen molar-refractivity contribution in [3.63, 3.8) is 0 Å². The first-order chi connectivity index (χ1) is 42.9. The molecule has 6 heterocycles. The minimum atomic E-state index is -4.61. The Morgan fingerprint density at radius 2 is 1.64 bits per heavy atom. The van der Waals surface area contributed by atoms with E-state index >= 15 is 0 Å². The van der Waals surface area contributed by atoms with E-state index in [1.807, 2.05) is 36.4 Å². The molecule has 4 aliphatic heterocycles. The average molecular weight is 1250 g/mol. The lowest BCUT2D eigenvalue weighted by Crippen LogP contribution is -2.52. The van der Waals surface area contributed by atoms with Crippen LogP contribution in [0.25, 0.3) is 16.6 Å². The average Bonchev–Trinajstić information content (AvgIpc) is 2.32. The number of aromatic nitrogens is 2. The van der Waals surface area contributed by atoms with Crippen LogP contribution in [0.2, 0.25) is 5.02 Å². The maximum atomic E-state index is 14.2. The molecule has 3 fully saturated rings. The highest BCUT2D eigenvalue weighted by Gasteiger charge is 2.39. The van der Waals surface area contributed by atoms with Crippen LogP contribution in [0.3, 0.4) is 0 Å². The zero-order chi connectivity index (χ0) is 62.2. The Hall–Kier alpha value is -8.09. The summed E-state index contributed by atoms with van der Waals surface area (Å²) in [4.78, 5) is 79.0. The Labute approximate surface area is 525 Å². The van der Waals surface area contributed by atoms with Gasteiger partial charge in [0.2, 0.25) is 11.8 Å². The highest BCUT2D eigenvalue weighted by atomic mass is 35.5. The Bertz CT molecular complexity index is 3860. The van der Waals surface area contributed by atoms with Crippen molar-refractivity contribution in [3.05, 3.63) is 152 Å². The van der Waals surface area contributed by atoms with E-state index in [4.69, 9.17) is 16.3 Å². The third kappa shape index (κ3) is 15.5. The van der Waals surface area contributed by atoms with E-state index in [0.717, 1.165) is 150 Å². The number of unbranched alkanes of at least 4 members (excludes halogenated alkanes) is 6. The van der Waals surface area contributed by atoms with Gasteiger partial charge >= 0.3 is 0 Å². The van der Waals surface area contributed by atoms with E-state index in [0.29, 0.717) is 49.6 Å². The first-order valence-corrected chi connectivity index (χ1v) is 33.1. The van der Waals surface area contributed by atoms with Gasteiger partial charge in [-0.3, -0.25) is 39.5 Å². The van der Waals surface area contributed by atoms with Crippen molar-refractivity contribution in [2.24, 2.45) is 11.3 Å². The lowest BCUT2D eigenvalue weighted by molar-refractivity contribution is -0.384. The van der Waals surface area contributed by atoms with Gasteiger partial charge in [0.1, 0.15) is 28.9 Å². The summed E-state index contributed by atoms with van der Waals surface area (Å²) in [5, 5.41) is 19.5. The third-order valence-corrected chi connectivity index (χ3v) is 19.7. The fourth-order valence-corrected chi connectivity index (χ4v) is 14.0. The predicted molar refractivity (Wildman–Crippen MR) is 344 cm³/mol. The minimum Gasteiger partial charge on any atom is -0.455 e. The van der Waals surface area contributed by atoms with Crippen molar-refractivity contribution in [3.8, 4) is 23.3 Å². The topological polar surface area (TPSA) is 233 Å². The molecule has 89 heavy (non-hydrogen) atoms. The number of amides is 4. The fraction of sp³-hybridized carbons (Fsp3) is 0.426. The summed E-state index contributed by atoms with van der Waals surface area (Å²) in [5.74, 6) is 5.31. The van der Waals surface area contributed by atoms with Crippen LogP contribution >= 0.6 is 11.6 Å². The van der Waals surface area contributed by atoms with Crippen molar-refractivity contribution in [2.75, 3.05) is 69.1 Å². The zero-order valence-electron chi connectivity index (χ0n) is 50.6. The van der Waals surface area contributed by atoms with Crippen LogP contribution in [-0.4, -0.2) is 127 Å². The molecule has 1 aliphatic carbocycles. The number of allylic oxidation sites excluding steroid dienone is 1. The number of carbonyl (C=O) groups excluding carboxylic acids is 4.